The minimum atomic E-state index is -0.987. The number of halogens is 1. The summed E-state index contributed by atoms with van der Waals surface area (Å²) in [5.41, 5.74) is 2.18. The van der Waals surface area contributed by atoms with Crippen molar-refractivity contribution in [3.8, 4) is 0 Å². The first kappa shape index (κ1) is 17.6. The van der Waals surface area contributed by atoms with E-state index in [1.807, 2.05) is 0 Å². The van der Waals surface area contributed by atoms with Crippen LogP contribution in [0.5, 0.6) is 0 Å². The predicted octanol–water partition coefficient (Wildman–Crippen LogP) is 2.84. The van der Waals surface area contributed by atoms with Crippen LogP contribution in [-0.2, 0) is 16.1 Å². The number of hydrogen-bond acceptors (Lipinski definition) is 3. The molecule has 24 heavy (non-hydrogen) atoms. The van der Waals surface area contributed by atoms with E-state index in [0.29, 0.717) is 11.1 Å². The standard InChI is InChI=1S/C18H18FNO4/c1-11-9-12(3-8-15(11)18(22)23)10-20-17(21)16(24-2)13-4-6-14(19)7-5-13/h3-9,16H,10H2,1-2H3,(H,20,21)(H,22,23). The molecule has 126 valence electrons. The van der Waals surface area contributed by atoms with Gasteiger partial charge >= 0.3 is 5.97 Å². The van der Waals surface area contributed by atoms with Crippen molar-refractivity contribution >= 4 is 11.9 Å². The van der Waals surface area contributed by atoms with Crippen molar-refractivity contribution in [3.05, 3.63) is 70.5 Å². The van der Waals surface area contributed by atoms with E-state index in [0.717, 1.165) is 5.56 Å². The lowest BCUT2D eigenvalue weighted by molar-refractivity contribution is -0.131. The minimum Gasteiger partial charge on any atom is -0.478 e. The number of rotatable bonds is 6. The van der Waals surface area contributed by atoms with Crippen LogP contribution in [0.4, 0.5) is 4.39 Å². The van der Waals surface area contributed by atoms with Gasteiger partial charge in [0.1, 0.15) is 5.82 Å². The fraction of sp³-hybridized carbons (Fsp3) is 0.222. The van der Waals surface area contributed by atoms with Gasteiger partial charge in [0.05, 0.1) is 5.56 Å². The Morgan fingerprint density at radius 2 is 1.88 bits per heavy atom. The van der Waals surface area contributed by atoms with Crippen LogP contribution in [0.15, 0.2) is 42.5 Å². The molecule has 2 rings (SSSR count). The van der Waals surface area contributed by atoms with Crippen molar-refractivity contribution in [2.45, 2.75) is 19.6 Å². The highest BCUT2D eigenvalue weighted by Gasteiger charge is 2.20. The smallest absolute Gasteiger partial charge is 0.335 e. The Morgan fingerprint density at radius 3 is 2.42 bits per heavy atom. The lowest BCUT2D eigenvalue weighted by Gasteiger charge is -2.16. The van der Waals surface area contributed by atoms with Gasteiger partial charge in [0.25, 0.3) is 5.91 Å². The van der Waals surface area contributed by atoms with Gasteiger partial charge in [0.15, 0.2) is 6.10 Å². The van der Waals surface area contributed by atoms with Crippen LogP contribution in [0.1, 0.15) is 33.2 Å². The lowest BCUT2D eigenvalue weighted by Crippen LogP contribution is -2.30. The molecule has 0 saturated carbocycles. The first-order chi connectivity index (χ1) is 11.4. The maximum absolute atomic E-state index is 13.0. The maximum atomic E-state index is 13.0. The van der Waals surface area contributed by atoms with E-state index in [9.17, 15) is 14.0 Å². The molecule has 0 radical (unpaired) electrons. The monoisotopic (exact) mass is 331 g/mol. The first-order valence-electron chi connectivity index (χ1n) is 7.31. The third-order valence-corrected chi connectivity index (χ3v) is 3.63. The molecule has 6 heteroatoms. The SMILES string of the molecule is COC(C(=O)NCc1ccc(C(=O)O)c(C)c1)c1ccc(F)cc1. The largest absolute Gasteiger partial charge is 0.478 e. The molecule has 2 aromatic carbocycles. The molecule has 0 heterocycles. The Labute approximate surface area is 139 Å². The minimum absolute atomic E-state index is 0.228. The molecule has 0 spiro atoms. The highest BCUT2D eigenvalue weighted by Crippen LogP contribution is 2.18. The summed E-state index contributed by atoms with van der Waals surface area (Å²) < 4.78 is 18.2. The Balaban J connectivity index is 2.04. The van der Waals surface area contributed by atoms with Gasteiger partial charge in [-0.1, -0.05) is 24.3 Å². The first-order valence-corrected chi connectivity index (χ1v) is 7.31. The van der Waals surface area contributed by atoms with Gasteiger partial charge in [-0.25, -0.2) is 9.18 Å². The van der Waals surface area contributed by atoms with Gasteiger partial charge in [-0.2, -0.15) is 0 Å². The number of ether oxygens (including phenoxy) is 1. The average Bonchev–Trinajstić information content (AvgIpc) is 2.55. The Hall–Kier alpha value is -2.73. The highest BCUT2D eigenvalue weighted by molar-refractivity contribution is 5.89. The number of carboxylic acids is 1. The third kappa shape index (κ3) is 4.17. The summed E-state index contributed by atoms with van der Waals surface area (Å²) >= 11 is 0. The third-order valence-electron chi connectivity index (χ3n) is 3.63. The van der Waals surface area contributed by atoms with Crippen molar-refractivity contribution in [2.24, 2.45) is 0 Å². The molecular weight excluding hydrogens is 313 g/mol. The normalized spacial score (nSPS) is 11.8. The number of carbonyl (C=O) groups excluding carboxylic acids is 1. The summed E-state index contributed by atoms with van der Waals surface area (Å²) in [6, 6.07) is 10.4. The molecule has 0 aliphatic rings. The summed E-state index contributed by atoms with van der Waals surface area (Å²) in [6.45, 7) is 1.94. The zero-order chi connectivity index (χ0) is 17.7. The van der Waals surface area contributed by atoms with Crippen LogP contribution in [0.25, 0.3) is 0 Å². The van der Waals surface area contributed by atoms with E-state index < -0.39 is 12.1 Å². The Bertz CT molecular complexity index is 743. The van der Waals surface area contributed by atoms with E-state index in [1.165, 1.54) is 37.4 Å². The van der Waals surface area contributed by atoms with Crippen LogP contribution in [0.3, 0.4) is 0 Å². The molecule has 0 aromatic heterocycles. The number of carbonyl (C=O) groups is 2. The Kier molecular flexibility index (Phi) is 5.65. The van der Waals surface area contributed by atoms with Crippen LogP contribution in [-0.4, -0.2) is 24.1 Å². The van der Waals surface area contributed by atoms with Gasteiger partial charge in [-0.05, 0) is 41.8 Å². The molecular formula is C18H18FNO4. The second-order valence-electron chi connectivity index (χ2n) is 5.34. The zero-order valence-electron chi connectivity index (χ0n) is 13.4. The molecule has 2 aromatic rings. The molecule has 2 N–H and O–H groups in total. The maximum Gasteiger partial charge on any atom is 0.335 e. The van der Waals surface area contributed by atoms with Gasteiger partial charge in [-0.3, -0.25) is 4.79 Å². The summed E-state index contributed by atoms with van der Waals surface area (Å²) in [5, 5.41) is 11.7. The molecule has 0 aliphatic carbocycles. The summed E-state index contributed by atoms with van der Waals surface area (Å²) in [7, 11) is 1.40. The second-order valence-corrected chi connectivity index (χ2v) is 5.34. The lowest BCUT2D eigenvalue weighted by atomic mass is 10.0. The van der Waals surface area contributed by atoms with E-state index in [2.05, 4.69) is 5.32 Å². The molecule has 0 bridgehead atoms. The van der Waals surface area contributed by atoms with E-state index >= 15 is 0 Å². The summed E-state index contributed by atoms with van der Waals surface area (Å²) in [5.74, 6) is -1.73. The fourth-order valence-electron chi connectivity index (χ4n) is 2.39. The van der Waals surface area contributed by atoms with E-state index in [1.54, 1.807) is 19.1 Å². The summed E-state index contributed by atoms with van der Waals surface area (Å²) in [4.78, 5) is 23.3. The van der Waals surface area contributed by atoms with Gasteiger partial charge < -0.3 is 15.2 Å². The highest BCUT2D eigenvalue weighted by atomic mass is 19.1. The molecule has 1 unspecified atom stereocenters. The van der Waals surface area contributed by atoms with Crippen molar-refractivity contribution in [1.82, 2.24) is 5.32 Å². The van der Waals surface area contributed by atoms with E-state index in [-0.39, 0.29) is 23.8 Å². The number of benzene rings is 2. The molecule has 0 saturated heterocycles. The van der Waals surface area contributed by atoms with Crippen molar-refractivity contribution < 1.29 is 23.8 Å². The van der Waals surface area contributed by atoms with Crippen LogP contribution < -0.4 is 5.32 Å². The van der Waals surface area contributed by atoms with Crippen LogP contribution >= 0.6 is 0 Å². The predicted molar refractivity (Wildman–Crippen MR) is 86.1 cm³/mol. The van der Waals surface area contributed by atoms with Crippen LogP contribution in [0, 0.1) is 12.7 Å². The van der Waals surface area contributed by atoms with E-state index in [4.69, 9.17) is 9.84 Å². The molecule has 1 amide bonds. The van der Waals surface area contributed by atoms with Gasteiger partial charge in [0.2, 0.25) is 0 Å². The second kappa shape index (κ2) is 7.70. The van der Waals surface area contributed by atoms with Gasteiger partial charge in [-0.15, -0.1) is 0 Å². The summed E-state index contributed by atoms with van der Waals surface area (Å²) in [6.07, 6.45) is -0.843. The number of aromatic carboxylic acids is 1. The quantitative estimate of drug-likeness (QED) is 0.853. The molecule has 5 nitrogen and oxygen atoms in total. The number of nitrogens with one attached hydrogen (secondary N) is 1. The van der Waals surface area contributed by atoms with Crippen molar-refractivity contribution in [3.63, 3.8) is 0 Å². The fourth-order valence-corrected chi connectivity index (χ4v) is 2.39. The Morgan fingerprint density at radius 1 is 1.21 bits per heavy atom. The molecule has 1 atom stereocenters. The van der Waals surface area contributed by atoms with Crippen molar-refractivity contribution in [1.29, 1.82) is 0 Å². The molecule has 0 fully saturated rings. The van der Waals surface area contributed by atoms with Crippen molar-refractivity contribution in [2.75, 3.05) is 7.11 Å². The van der Waals surface area contributed by atoms with Gasteiger partial charge in [0, 0.05) is 13.7 Å². The molecule has 0 aliphatic heterocycles. The zero-order valence-corrected chi connectivity index (χ0v) is 13.4. The van der Waals surface area contributed by atoms with Crippen LogP contribution in [0.2, 0.25) is 0 Å². The number of amides is 1. The topological polar surface area (TPSA) is 75.6 Å². The number of hydrogen-bond donors (Lipinski definition) is 2. The number of methoxy groups -OCH3 is 1. The average molecular weight is 331 g/mol. The number of carboxylic acid groups (broad SMARTS) is 1. The number of aryl methyl sites for hydroxylation is 1.